The van der Waals surface area contributed by atoms with E-state index < -0.39 is 0 Å². The number of benzene rings is 1. The molecule has 0 bridgehead atoms. The van der Waals surface area contributed by atoms with Gasteiger partial charge in [-0.25, -0.2) is 4.98 Å². The van der Waals surface area contributed by atoms with Crippen LogP contribution in [-0.4, -0.2) is 22.6 Å². The van der Waals surface area contributed by atoms with Crippen LogP contribution < -0.4 is 15.6 Å². The number of hydrogen-bond donors (Lipinski definition) is 1. The van der Waals surface area contributed by atoms with Crippen molar-refractivity contribution in [1.29, 1.82) is 0 Å². The summed E-state index contributed by atoms with van der Waals surface area (Å²) < 4.78 is 6.42. The third-order valence-electron chi connectivity index (χ3n) is 3.31. The van der Waals surface area contributed by atoms with E-state index >= 15 is 0 Å². The topological polar surface area (TPSA) is 73.2 Å². The Morgan fingerprint density at radius 3 is 3.00 bits per heavy atom. The summed E-state index contributed by atoms with van der Waals surface area (Å²) in [5.74, 6) is 0.352. The SMILES string of the molecule is COc1cccc(NC(=O)Cn2cnc3sc(C)cc3c2=O)c1. The first-order chi connectivity index (χ1) is 11.1. The number of amides is 1. The predicted octanol–water partition coefficient (Wildman–Crippen LogP) is 2.41. The molecular formula is C16H15N3O3S. The maximum Gasteiger partial charge on any atom is 0.262 e. The maximum absolute atomic E-state index is 12.4. The second kappa shape index (κ2) is 6.21. The Labute approximate surface area is 136 Å². The molecule has 1 N–H and O–H groups in total. The van der Waals surface area contributed by atoms with Crippen LogP contribution in [0.3, 0.4) is 0 Å². The lowest BCUT2D eigenvalue weighted by molar-refractivity contribution is -0.116. The normalized spacial score (nSPS) is 10.7. The molecule has 0 spiro atoms. The van der Waals surface area contributed by atoms with Crippen LogP contribution in [0.2, 0.25) is 0 Å². The molecule has 0 atom stereocenters. The van der Waals surface area contributed by atoms with Crippen molar-refractivity contribution in [2.24, 2.45) is 0 Å². The molecule has 3 rings (SSSR count). The number of ether oxygens (including phenoxy) is 1. The summed E-state index contributed by atoms with van der Waals surface area (Å²) in [6.07, 6.45) is 1.41. The molecule has 0 unspecified atom stereocenters. The van der Waals surface area contributed by atoms with Gasteiger partial charge < -0.3 is 10.1 Å². The number of aryl methyl sites for hydroxylation is 1. The van der Waals surface area contributed by atoms with Crippen LogP contribution in [-0.2, 0) is 11.3 Å². The van der Waals surface area contributed by atoms with Crippen LogP contribution in [0.25, 0.3) is 10.2 Å². The largest absolute Gasteiger partial charge is 0.497 e. The Morgan fingerprint density at radius 2 is 2.22 bits per heavy atom. The average Bonchev–Trinajstić information content (AvgIpc) is 2.92. The van der Waals surface area contributed by atoms with Crippen molar-refractivity contribution >= 4 is 33.1 Å². The molecule has 0 aliphatic carbocycles. The molecule has 23 heavy (non-hydrogen) atoms. The van der Waals surface area contributed by atoms with Gasteiger partial charge in [-0.2, -0.15) is 0 Å². The highest BCUT2D eigenvalue weighted by Crippen LogP contribution is 2.19. The number of fused-ring (bicyclic) bond motifs is 1. The molecule has 0 aliphatic heterocycles. The molecule has 118 valence electrons. The second-order valence-electron chi connectivity index (χ2n) is 5.03. The Kier molecular flexibility index (Phi) is 4.12. The number of carbonyl (C=O) groups excluding carboxylic acids is 1. The minimum Gasteiger partial charge on any atom is -0.497 e. The molecule has 2 heterocycles. The van der Waals surface area contributed by atoms with Crippen molar-refractivity contribution < 1.29 is 9.53 Å². The Hall–Kier alpha value is -2.67. The molecule has 1 aromatic carbocycles. The number of hydrogen-bond acceptors (Lipinski definition) is 5. The van der Waals surface area contributed by atoms with Gasteiger partial charge in [0.25, 0.3) is 5.56 Å². The van der Waals surface area contributed by atoms with Gasteiger partial charge in [0.2, 0.25) is 5.91 Å². The minimum absolute atomic E-state index is 0.0894. The van der Waals surface area contributed by atoms with E-state index in [0.29, 0.717) is 21.7 Å². The molecule has 0 fully saturated rings. The Balaban J connectivity index is 1.80. The van der Waals surface area contributed by atoms with E-state index in [1.165, 1.54) is 22.2 Å². The van der Waals surface area contributed by atoms with Gasteiger partial charge in [0.15, 0.2) is 0 Å². The smallest absolute Gasteiger partial charge is 0.262 e. The number of anilines is 1. The van der Waals surface area contributed by atoms with Crippen molar-refractivity contribution in [2.45, 2.75) is 13.5 Å². The first-order valence-corrected chi connectivity index (χ1v) is 7.78. The highest BCUT2D eigenvalue weighted by Gasteiger charge is 2.10. The van der Waals surface area contributed by atoms with Gasteiger partial charge in [-0.05, 0) is 25.1 Å². The van der Waals surface area contributed by atoms with Gasteiger partial charge in [0, 0.05) is 16.6 Å². The first kappa shape index (κ1) is 15.2. The lowest BCUT2D eigenvalue weighted by Gasteiger charge is -2.08. The second-order valence-corrected chi connectivity index (χ2v) is 6.27. The van der Waals surface area contributed by atoms with Crippen molar-refractivity contribution in [3.05, 3.63) is 51.9 Å². The van der Waals surface area contributed by atoms with Crippen LogP contribution in [0.1, 0.15) is 4.88 Å². The lowest BCUT2D eigenvalue weighted by Crippen LogP contribution is -2.27. The first-order valence-electron chi connectivity index (χ1n) is 6.96. The van der Waals surface area contributed by atoms with Gasteiger partial charge in [-0.15, -0.1) is 11.3 Å². The van der Waals surface area contributed by atoms with Crippen molar-refractivity contribution in [3.63, 3.8) is 0 Å². The monoisotopic (exact) mass is 329 g/mol. The number of aromatic nitrogens is 2. The molecule has 2 aromatic heterocycles. The van der Waals surface area contributed by atoms with Gasteiger partial charge in [0.1, 0.15) is 17.1 Å². The molecule has 3 aromatic rings. The van der Waals surface area contributed by atoms with E-state index in [-0.39, 0.29) is 18.0 Å². The fourth-order valence-electron chi connectivity index (χ4n) is 2.25. The molecule has 1 amide bonds. The summed E-state index contributed by atoms with van der Waals surface area (Å²) in [6.45, 7) is 1.83. The van der Waals surface area contributed by atoms with Gasteiger partial charge in [-0.1, -0.05) is 6.07 Å². The van der Waals surface area contributed by atoms with E-state index in [1.807, 2.05) is 6.92 Å². The van der Waals surface area contributed by atoms with E-state index in [2.05, 4.69) is 10.3 Å². The maximum atomic E-state index is 12.4. The fraction of sp³-hybridized carbons (Fsp3) is 0.188. The highest BCUT2D eigenvalue weighted by atomic mass is 32.1. The molecule has 6 nitrogen and oxygen atoms in total. The number of nitrogens with one attached hydrogen (secondary N) is 1. The quantitative estimate of drug-likeness (QED) is 0.798. The molecule has 0 aliphatic rings. The minimum atomic E-state index is -0.298. The van der Waals surface area contributed by atoms with Gasteiger partial charge in [0.05, 0.1) is 18.8 Å². The van der Waals surface area contributed by atoms with Crippen molar-refractivity contribution in [1.82, 2.24) is 9.55 Å². The molecule has 7 heteroatoms. The number of thiophene rings is 1. The lowest BCUT2D eigenvalue weighted by atomic mass is 10.3. The van der Waals surface area contributed by atoms with Crippen LogP contribution in [0.15, 0.2) is 41.5 Å². The van der Waals surface area contributed by atoms with Crippen molar-refractivity contribution in [3.8, 4) is 5.75 Å². The van der Waals surface area contributed by atoms with Crippen LogP contribution in [0.5, 0.6) is 5.75 Å². The summed E-state index contributed by atoms with van der Waals surface area (Å²) in [5, 5.41) is 3.29. The van der Waals surface area contributed by atoms with Gasteiger partial charge >= 0.3 is 0 Å². The van der Waals surface area contributed by atoms with Crippen LogP contribution in [0.4, 0.5) is 5.69 Å². The summed E-state index contributed by atoms with van der Waals surface area (Å²) in [4.78, 5) is 30.4. The summed E-state index contributed by atoms with van der Waals surface area (Å²) in [7, 11) is 1.56. The average molecular weight is 329 g/mol. The Bertz CT molecular complexity index is 930. The highest BCUT2D eigenvalue weighted by molar-refractivity contribution is 7.18. The van der Waals surface area contributed by atoms with Crippen LogP contribution in [0, 0.1) is 6.92 Å². The molecule has 0 saturated heterocycles. The molecule has 0 saturated carbocycles. The summed E-state index contributed by atoms with van der Waals surface area (Å²) >= 11 is 1.46. The Morgan fingerprint density at radius 1 is 1.39 bits per heavy atom. The number of methoxy groups -OCH3 is 1. The third kappa shape index (κ3) is 3.24. The van der Waals surface area contributed by atoms with E-state index in [4.69, 9.17) is 4.74 Å². The number of rotatable bonds is 4. The zero-order valence-corrected chi connectivity index (χ0v) is 13.5. The summed E-state index contributed by atoms with van der Waals surface area (Å²) in [6, 6.07) is 8.84. The number of carbonyl (C=O) groups is 1. The summed E-state index contributed by atoms with van der Waals surface area (Å²) in [5.41, 5.74) is 0.406. The van der Waals surface area contributed by atoms with E-state index in [1.54, 1.807) is 37.4 Å². The van der Waals surface area contributed by atoms with Gasteiger partial charge in [-0.3, -0.25) is 14.2 Å². The van der Waals surface area contributed by atoms with E-state index in [0.717, 1.165) is 4.88 Å². The number of nitrogens with zero attached hydrogens (tertiary/aromatic N) is 2. The standard InChI is InChI=1S/C16H15N3O3S/c1-10-6-13-15(23-10)17-9-19(16(13)21)8-14(20)18-11-4-3-5-12(7-11)22-2/h3-7,9H,8H2,1-2H3,(H,18,20). The zero-order valence-electron chi connectivity index (χ0n) is 12.7. The zero-order chi connectivity index (χ0) is 16.4. The molecular weight excluding hydrogens is 314 g/mol. The van der Waals surface area contributed by atoms with Crippen molar-refractivity contribution in [2.75, 3.05) is 12.4 Å². The predicted molar refractivity (Wildman–Crippen MR) is 90.2 cm³/mol. The third-order valence-corrected chi connectivity index (χ3v) is 4.27. The van der Waals surface area contributed by atoms with E-state index in [9.17, 15) is 9.59 Å². The molecule has 0 radical (unpaired) electrons. The fourth-order valence-corrected chi connectivity index (χ4v) is 3.09. The van der Waals surface area contributed by atoms with Crippen LogP contribution >= 0.6 is 11.3 Å².